The molecule has 0 bridgehead atoms. The van der Waals surface area contributed by atoms with Gasteiger partial charge in [0.1, 0.15) is 5.69 Å². The third kappa shape index (κ3) is 4.18. The number of methoxy groups -OCH3 is 1. The topological polar surface area (TPSA) is 52.5 Å². The Kier molecular flexibility index (Phi) is 6.30. The normalized spacial score (nSPS) is 12.6. The molecule has 1 unspecified atom stereocenters. The number of aromatic nitrogens is 1. The van der Waals surface area contributed by atoms with Gasteiger partial charge in [-0.1, -0.05) is 23.2 Å². The number of hydrogen-bond acceptors (Lipinski definition) is 3. The zero-order chi connectivity index (χ0) is 17.0. The van der Waals surface area contributed by atoms with Crippen molar-refractivity contribution in [2.45, 2.75) is 19.6 Å². The summed E-state index contributed by atoms with van der Waals surface area (Å²) in [6.45, 7) is 2.86. The van der Waals surface area contributed by atoms with Gasteiger partial charge in [0, 0.05) is 31.6 Å². The van der Waals surface area contributed by atoms with Crippen molar-refractivity contribution in [1.29, 1.82) is 0 Å². The molecule has 0 aliphatic heterocycles. The largest absolute Gasteiger partial charge is 0.356 e. The Morgan fingerprint density at radius 2 is 2.13 bits per heavy atom. The van der Waals surface area contributed by atoms with Crippen LogP contribution in [0.5, 0.6) is 0 Å². The van der Waals surface area contributed by atoms with Gasteiger partial charge in [-0.25, -0.2) is 0 Å². The lowest BCUT2D eigenvalue weighted by molar-refractivity contribution is -0.110. The standard InChI is InChI=1S/C16H20Cl2N2O3/c1-10(22-3)23-8-4-7-19-16(21)14-9-11-13(20(14)2)6-5-12(17)15(11)18/h5-6,9-10H,4,7-8H2,1-3H3,(H,19,21). The van der Waals surface area contributed by atoms with E-state index in [9.17, 15) is 4.79 Å². The molecule has 1 heterocycles. The van der Waals surface area contributed by atoms with Gasteiger partial charge in [-0.2, -0.15) is 0 Å². The van der Waals surface area contributed by atoms with Crippen LogP contribution >= 0.6 is 23.2 Å². The van der Waals surface area contributed by atoms with E-state index in [2.05, 4.69) is 5.32 Å². The highest BCUT2D eigenvalue weighted by Crippen LogP contribution is 2.32. The van der Waals surface area contributed by atoms with Crippen LogP contribution in [0.25, 0.3) is 10.9 Å². The minimum atomic E-state index is -0.240. The number of amides is 1. The van der Waals surface area contributed by atoms with Crippen molar-refractivity contribution in [2.75, 3.05) is 20.3 Å². The molecule has 1 aromatic heterocycles. The van der Waals surface area contributed by atoms with Gasteiger partial charge in [0.25, 0.3) is 5.91 Å². The highest BCUT2D eigenvalue weighted by molar-refractivity contribution is 6.45. The fourth-order valence-electron chi connectivity index (χ4n) is 2.25. The Balaban J connectivity index is 1.99. The fraction of sp³-hybridized carbons (Fsp3) is 0.438. The molecule has 7 heteroatoms. The lowest BCUT2D eigenvalue weighted by atomic mass is 10.2. The molecule has 2 rings (SSSR count). The first kappa shape index (κ1) is 18.1. The first-order valence-corrected chi connectivity index (χ1v) is 8.07. The summed E-state index contributed by atoms with van der Waals surface area (Å²) in [6.07, 6.45) is 0.464. The summed E-state index contributed by atoms with van der Waals surface area (Å²) in [4.78, 5) is 12.3. The number of hydrogen-bond donors (Lipinski definition) is 1. The Morgan fingerprint density at radius 1 is 1.39 bits per heavy atom. The monoisotopic (exact) mass is 358 g/mol. The van der Waals surface area contributed by atoms with Gasteiger partial charge in [0.2, 0.25) is 0 Å². The van der Waals surface area contributed by atoms with Crippen LogP contribution in [0.3, 0.4) is 0 Å². The van der Waals surface area contributed by atoms with E-state index < -0.39 is 0 Å². The van der Waals surface area contributed by atoms with Gasteiger partial charge in [0.15, 0.2) is 6.29 Å². The molecule has 1 amide bonds. The smallest absolute Gasteiger partial charge is 0.267 e. The quantitative estimate of drug-likeness (QED) is 0.607. The van der Waals surface area contributed by atoms with E-state index in [1.807, 2.05) is 20.0 Å². The number of aryl methyl sites for hydroxylation is 1. The average molecular weight is 359 g/mol. The molecule has 0 spiro atoms. The van der Waals surface area contributed by atoms with Crippen molar-refractivity contribution in [3.05, 3.63) is 33.9 Å². The molecular weight excluding hydrogens is 339 g/mol. The molecule has 2 aromatic rings. The van der Waals surface area contributed by atoms with Gasteiger partial charge < -0.3 is 19.4 Å². The average Bonchev–Trinajstić information content (AvgIpc) is 2.88. The van der Waals surface area contributed by atoms with Crippen LogP contribution in [-0.2, 0) is 16.5 Å². The minimum Gasteiger partial charge on any atom is -0.356 e. The zero-order valence-corrected chi connectivity index (χ0v) is 14.9. The lowest BCUT2D eigenvalue weighted by Gasteiger charge is -2.11. The fourth-order valence-corrected chi connectivity index (χ4v) is 2.63. The van der Waals surface area contributed by atoms with E-state index in [1.165, 1.54) is 0 Å². The van der Waals surface area contributed by atoms with Crippen molar-refractivity contribution in [3.63, 3.8) is 0 Å². The van der Waals surface area contributed by atoms with E-state index in [-0.39, 0.29) is 12.2 Å². The highest BCUT2D eigenvalue weighted by Gasteiger charge is 2.15. The Morgan fingerprint density at radius 3 is 2.83 bits per heavy atom. The number of benzene rings is 1. The third-order valence-electron chi connectivity index (χ3n) is 3.64. The lowest BCUT2D eigenvalue weighted by Crippen LogP contribution is -2.27. The van der Waals surface area contributed by atoms with E-state index in [0.29, 0.717) is 35.3 Å². The number of ether oxygens (including phenoxy) is 2. The Labute approximate surface area is 145 Å². The second kappa shape index (κ2) is 8.02. The van der Waals surface area contributed by atoms with E-state index >= 15 is 0 Å². The number of rotatable bonds is 7. The van der Waals surface area contributed by atoms with E-state index in [0.717, 1.165) is 10.9 Å². The van der Waals surface area contributed by atoms with Crippen LogP contribution in [0.2, 0.25) is 10.0 Å². The molecule has 126 valence electrons. The van der Waals surface area contributed by atoms with Crippen molar-refractivity contribution in [3.8, 4) is 0 Å². The predicted molar refractivity (Wildman–Crippen MR) is 92.3 cm³/mol. The Hall–Kier alpha value is -1.27. The van der Waals surface area contributed by atoms with Gasteiger partial charge in [-0.3, -0.25) is 4.79 Å². The van der Waals surface area contributed by atoms with E-state index in [4.69, 9.17) is 32.7 Å². The number of nitrogens with one attached hydrogen (secondary N) is 1. The molecule has 0 saturated heterocycles. The number of nitrogens with zero attached hydrogens (tertiary/aromatic N) is 1. The molecule has 0 aliphatic rings. The first-order valence-electron chi connectivity index (χ1n) is 7.31. The number of halogens is 2. The van der Waals surface area contributed by atoms with Crippen molar-refractivity contribution < 1.29 is 14.3 Å². The van der Waals surface area contributed by atoms with Crippen LogP contribution in [0.1, 0.15) is 23.8 Å². The van der Waals surface area contributed by atoms with Crippen molar-refractivity contribution >= 4 is 40.0 Å². The number of carbonyl (C=O) groups is 1. The SMILES string of the molecule is COC(C)OCCCNC(=O)c1cc2c(Cl)c(Cl)ccc2n1C. The maximum atomic E-state index is 12.3. The summed E-state index contributed by atoms with van der Waals surface area (Å²) < 4.78 is 12.2. The molecule has 0 radical (unpaired) electrons. The van der Waals surface area contributed by atoms with Crippen molar-refractivity contribution in [1.82, 2.24) is 9.88 Å². The summed E-state index contributed by atoms with van der Waals surface area (Å²) >= 11 is 12.2. The summed E-state index contributed by atoms with van der Waals surface area (Å²) in [7, 11) is 3.41. The molecule has 0 fully saturated rings. The molecule has 1 aromatic carbocycles. The molecule has 1 atom stereocenters. The second-order valence-electron chi connectivity index (χ2n) is 5.17. The first-order chi connectivity index (χ1) is 11.0. The van der Waals surface area contributed by atoms with Crippen LogP contribution in [0.15, 0.2) is 18.2 Å². The molecule has 23 heavy (non-hydrogen) atoms. The second-order valence-corrected chi connectivity index (χ2v) is 5.95. The number of carbonyl (C=O) groups excluding carboxylic acids is 1. The summed E-state index contributed by atoms with van der Waals surface area (Å²) in [5, 5.41) is 4.57. The van der Waals surface area contributed by atoms with Crippen LogP contribution < -0.4 is 5.32 Å². The maximum absolute atomic E-state index is 12.3. The molecule has 5 nitrogen and oxygen atoms in total. The molecule has 1 N–H and O–H groups in total. The van der Waals surface area contributed by atoms with Gasteiger partial charge in [-0.05, 0) is 31.5 Å². The van der Waals surface area contributed by atoms with Crippen LogP contribution in [-0.4, -0.2) is 37.0 Å². The van der Waals surface area contributed by atoms with E-state index in [1.54, 1.807) is 23.8 Å². The molecule has 0 saturated carbocycles. The summed E-state index contributed by atoms with van der Waals surface area (Å²) in [5.41, 5.74) is 1.40. The predicted octanol–water partition coefficient (Wildman–Crippen LogP) is 3.61. The number of fused-ring (bicyclic) bond motifs is 1. The van der Waals surface area contributed by atoms with Crippen LogP contribution in [0, 0.1) is 0 Å². The zero-order valence-electron chi connectivity index (χ0n) is 13.4. The molecule has 0 aliphatic carbocycles. The summed E-state index contributed by atoms with van der Waals surface area (Å²) in [6, 6.07) is 5.32. The third-order valence-corrected chi connectivity index (χ3v) is 4.46. The minimum absolute atomic E-state index is 0.157. The summed E-state index contributed by atoms with van der Waals surface area (Å²) in [5.74, 6) is -0.157. The van der Waals surface area contributed by atoms with Crippen LogP contribution in [0.4, 0.5) is 0 Å². The molecular formula is C16H20Cl2N2O3. The highest BCUT2D eigenvalue weighted by atomic mass is 35.5. The maximum Gasteiger partial charge on any atom is 0.267 e. The van der Waals surface area contributed by atoms with Gasteiger partial charge >= 0.3 is 0 Å². The Bertz CT molecular complexity index is 700. The van der Waals surface area contributed by atoms with Gasteiger partial charge in [-0.15, -0.1) is 0 Å². The van der Waals surface area contributed by atoms with Gasteiger partial charge in [0.05, 0.1) is 16.7 Å². The van der Waals surface area contributed by atoms with Crippen molar-refractivity contribution in [2.24, 2.45) is 7.05 Å².